The van der Waals surface area contributed by atoms with Crippen molar-refractivity contribution in [3.05, 3.63) is 47.4 Å². The molecular formula is C20H24FN5O3. The van der Waals surface area contributed by atoms with Crippen LogP contribution in [0, 0.1) is 18.7 Å². The molecule has 29 heavy (non-hydrogen) atoms. The fourth-order valence-electron chi connectivity index (χ4n) is 3.58. The van der Waals surface area contributed by atoms with Crippen molar-refractivity contribution < 1.29 is 18.5 Å². The zero-order valence-electron chi connectivity index (χ0n) is 16.2. The van der Waals surface area contributed by atoms with Gasteiger partial charge in [-0.2, -0.15) is 4.98 Å². The average Bonchev–Trinajstić information content (AvgIpc) is 3.48. The van der Waals surface area contributed by atoms with Crippen LogP contribution in [0.4, 0.5) is 9.18 Å². The largest absolute Gasteiger partial charge is 0.351 e. The molecule has 8 nitrogen and oxygen atoms in total. The Morgan fingerprint density at radius 2 is 2.00 bits per heavy atom. The topological polar surface area (TPSA) is 100 Å². The average molecular weight is 401 g/mol. The van der Waals surface area contributed by atoms with Crippen molar-refractivity contribution in [1.29, 1.82) is 0 Å². The molecule has 3 amide bonds. The molecule has 1 saturated carbocycles. The summed E-state index contributed by atoms with van der Waals surface area (Å²) in [5, 5.41) is 9.79. The molecule has 2 aliphatic rings. The Morgan fingerprint density at radius 1 is 1.24 bits per heavy atom. The number of halogens is 1. The van der Waals surface area contributed by atoms with Gasteiger partial charge in [0.25, 0.3) is 0 Å². The van der Waals surface area contributed by atoms with Crippen molar-refractivity contribution in [1.82, 2.24) is 25.7 Å². The molecule has 1 aromatic heterocycles. The number of aromatic nitrogens is 2. The van der Waals surface area contributed by atoms with Crippen LogP contribution in [0.25, 0.3) is 0 Å². The third kappa shape index (κ3) is 4.72. The van der Waals surface area contributed by atoms with E-state index in [1.807, 2.05) is 0 Å². The number of benzene rings is 1. The van der Waals surface area contributed by atoms with Crippen LogP contribution in [-0.2, 0) is 11.3 Å². The minimum Gasteiger partial charge on any atom is -0.351 e. The molecule has 1 aliphatic carbocycles. The van der Waals surface area contributed by atoms with E-state index in [2.05, 4.69) is 20.8 Å². The van der Waals surface area contributed by atoms with E-state index in [0.717, 1.165) is 18.4 Å². The first kappa shape index (κ1) is 19.4. The molecule has 0 unspecified atom stereocenters. The maximum atomic E-state index is 13.0. The van der Waals surface area contributed by atoms with E-state index < -0.39 is 0 Å². The maximum Gasteiger partial charge on any atom is 0.317 e. The SMILES string of the molecule is Cc1noc([C@H]2CCN(C(=O)NCc3ccc(F)cc3)C[C@H]2NC(=O)C2CC2)n1. The van der Waals surface area contributed by atoms with E-state index in [-0.39, 0.29) is 35.6 Å². The van der Waals surface area contributed by atoms with Crippen molar-refractivity contribution in [3.8, 4) is 0 Å². The normalized spacial score (nSPS) is 21.7. The number of nitrogens with zero attached hydrogens (tertiary/aromatic N) is 3. The number of amides is 3. The van der Waals surface area contributed by atoms with Crippen LogP contribution in [0.3, 0.4) is 0 Å². The molecule has 9 heteroatoms. The zero-order valence-corrected chi connectivity index (χ0v) is 16.2. The summed E-state index contributed by atoms with van der Waals surface area (Å²) in [6, 6.07) is 5.50. The number of aryl methyl sites for hydroxylation is 1. The summed E-state index contributed by atoms with van der Waals surface area (Å²) in [5.74, 6) is 0.696. The second-order valence-electron chi connectivity index (χ2n) is 7.70. The number of hydrogen-bond acceptors (Lipinski definition) is 5. The molecule has 1 aromatic carbocycles. The monoisotopic (exact) mass is 401 g/mol. The van der Waals surface area contributed by atoms with E-state index in [9.17, 15) is 14.0 Å². The lowest BCUT2D eigenvalue weighted by Crippen LogP contribution is -2.55. The van der Waals surface area contributed by atoms with Gasteiger partial charge in [-0.1, -0.05) is 17.3 Å². The predicted octanol–water partition coefficient (Wildman–Crippen LogP) is 2.11. The summed E-state index contributed by atoms with van der Waals surface area (Å²) < 4.78 is 18.4. The van der Waals surface area contributed by atoms with Gasteiger partial charge < -0.3 is 20.1 Å². The van der Waals surface area contributed by atoms with Crippen LogP contribution < -0.4 is 10.6 Å². The molecular weight excluding hydrogens is 377 g/mol. The van der Waals surface area contributed by atoms with Gasteiger partial charge in [0.05, 0.1) is 12.0 Å². The van der Waals surface area contributed by atoms with Crippen LogP contribution >= 0.6 is 0 Å². The molecule has 2 atom stereocenters. The van der Waals surface area contributed by atoms with Crippen molar-refractivity contribution in [3.63, 3.8) is 0 Å². The van der Waals surface area contributed by atoms with Gasteiger partial charge in [-0.15, -0.1) is 0 Å². The van der Waals surface area contributed by atoms with E-state index in [1.54, 1.807) is 24.0 Å². The van der Waals surface area contributed by atoms with Crippen LogP contribution in [0.15, 0.2) is 28.8 Å². The second kappa shape index (κ2) is 8.18. The van der Waals surface area contributed by atoms with Gasteiger partial charge in [-0.05, 0) is 43.9 Å². The Balaban J connectivity index is 1.40. The standard InChI is InChI=1S/C20H24FN5O3/c1-12-23-19(29-25-12)16-8-9-26(11-17(16)24-18(27)14-4-5-14)20(28)22-10-13-2-6-15(21)7-3-13/h2-3,6-7,14,16-17H,4-5,8-11H2,1H3,(H,22,28)(H,24,27)/t16-,17+/m0/s1. The van der Waals surface area contributed by atoms with E-state index >= 15 is 0 Å². The van der Waals surface area contributed by atoms with Gasteiger partial charge in [0.2, 0.25) is 11.8 Å². The highest BCUT2D eigenvalue weighted by atomic mass is 19.1. The molecule has 0 radical (unpaired) electrons. The molecule has 2 heterocycles. The van der Waals surface area contributed by atoms with Crippen molar-refractivity contribution in [2.75, 3.05) is 13.1 Å². The third-order valence-corrected chi connectivity index (χ3v) is 5.39. The molecule has 0 spiro atoms. The number of piperidine rings is 1. The number of carbonyl (C=O) groups is 2. The zero-order chi connectivity index (χ0) is 20.4. The summed E-state index contributed by atoms with van der Waals surface area (Å²) in [6.45, 7) is 2.93. The Hall–Kier alpha value is -2.97. The van der Waals surface area contributed by atoms with Crippen LogP contribution in [-0.4, -0.2) is 46.1 Å². The first-order valence-corrected chi connectivity index (χ1v) is 9.87. The molecule has 4 rings (SSSR count). The fourth-order valence-corrected chi connectivity index (χ4v) is 3.58. The highest BCUT2D eigenvalue weighted by Crippen LogP contribution is 2.32. The van der Waals surface area contributed by atoms with Gasteiger partial charge in [-0.3, -0.25) is 4.79 Å². The molecule has 2 aromatic rings. The van der Waals surface area contributed by atoms with E-state index in [4.69, 9.17) is 4.52 Å². The lowest BCUT2D eigenvalue weighted by Gasteiger charge is -2.37. The lowest BCUT2D eigenvalue weighted by atomic mass is 9.91. The Kier molecular flexibility index (Phi) is 5.46. The van der Waals surface area contributed by atoms with Crippen molar-refractivity contribution in [2.24, 2.45) is 5.92 Å². The molecule has 2 fully saturated rings. The fraction of sp³-hybridized carbons (Fsp3) is 0.500. The van der Waals surface area contributed by atoms with Crippen LogP contribution in [0.1, 0.15) is 42.5 Å². The number of likely N-dealkylation sites (tertiary alicyclic amines) is 1. The molecule has 1 aliphatic heterocycles. The summed E-state index contributed by atoms with van der Waals surface area (Å²) in [4.78, 5) is 31.0. The number of urea groups is 1. The minimum atomic E-state index is -0.312. The quantitative estimate of drug-likeness (QED) is 0.799. The van der Waals surface area contributed by atoms with Gasteiger partial charge in [0.1, 0.15) is 5.82 Å². The summed E-state index contributed by atoms with van der Waals surface area (Å²) in [5.41, 5.74) is 0.814. The highest BCUT2D eigenvalue weighted by molar-refractivity contribution is 5.81. The van der Waals surface area contributed by atoms with Gasteiger partial charge in [0, 0.05) is 25.6 Å². The smallest absolute Gasteiger partial charge is 0.317 e. The van der Waals surface area contributed by atoms with E-state index in [0.29, 0.717) is 37.8 Å². The molecule has 154 valence electrons. The first-order valence-electron chi connectivity index (χ1n) is 9.87. The first-order chi connectivity index (χ1) is 14.0. The van der Waals surface area contributed by atoms with E-state index in [1.165, 1.54) is 12.1 Å². The highest BCUT2D eigenvalue weighted by Gasteiger charge is 2.39. The van der Waals surface area contributed by atoms with Gasteiger partial charge >= 0.3 is 6.03 Å². The predicted molar refractivity (Wildman–Crippen MR) is 101 cm³/mol. The second-order valence-corrected chi connectivity index (χ2v) is 7.70. The number of carbonyl (C=O) groups excluding carboxylic acids is 2. The number of hydrogen-bond donors (Lipinski definition) is 2. The van der Waals surface area contributed by atoms with Crippen molar-refractivity contribution in [2.45, 2.75) is 44.7 Å². The van der Waals surface area contributed by atoms with Gasteiger partial charge in [0.15, 0.2) is 5.82 Å². The Morgan fingerprint density at radius 3 is 2.66 bits per heavy atom. The molecule has 1 saturated heterocycles. The number of rotatable bonds is 5. The summed E-state index contributed by atoms with van der Waals surface area (Å²) in [7, 11) is 0. The lowest BCUT2D eigenvalue weighted by molar-refractivity contribution is -0.123. The maximum absolute atomic E-state index is 13.0. The summed E-state index contributed by atoms with van der Waals surface area (Å²) >= 11 is 0. The van der Waals surface area contributed by atoms with Gasteiger partial charge in [-0.25, -0.2) is 9.18 Å². The molecule has 0 bridgehead atoms. The van der Waals surface area contributed by atoms with Crippen LogP contribution in [0.2, 0.25) is 0 Å². The Labute approximate surface area is 167 Å². The molecule has 2 N–H and O–H groups in total. The summed E-state index contributed by atoms with van der Waals surface area (Å²) in [6.07, 6.45) is 2.43. The Bertz CT molecular complexity index is 880. The van der Waals surface area contributed by atoms with Crippen LogP contribution in [0.5, 0.6) is 0 Å². The van der Waals surface area contributed by atoms with Crippen molar-refractivity contribution >= 4 is 11.9 Å². The minimum absolute atomic E-state index is 0.0183. The number of nitrogens with one attached hydrogen (secondary N) is 2. The third-order valence-electron chi connectivity index (χ3n) is 5.39.